The molecule has 0 N–H and O–H groups in total. The van der Waals surface area contributed by atoms with Crippen LogP contribution in [0.15, 0.2) is 45.7 Å². The average Bonchev–Trinajstić information content (AvgIpc) is 3.19. The fraction of sp³-hybridized carbons (Fsp3) is 0.300. The molecule has 2 heterocycles. The predicted octanol–water partition coefficient (Wildman–Crippen LogP) is 4.99. The Balaban J connectivity index is 2.06. The molecule has 1 aliphatic carbocycles. The van der Waals surface area contributed by atoms with E-state index in [-0.39, 0.29) is 5.56 Å². The summed E-state index contributed by atoms with van der Waals surface area (Å²) in [6.07, 6.45) is 4.79. The molecule has 4 aromatic rings. The summed E-state index contributed by atoms with van der Waals surface area (Å²) in [5.74, 6) is 0.767. The second-order valence-electron chi connectivity index (χ2n) is 6.99. The van der Waals surface area contributed by atoms with Gasteiger partial charge < -0.3 is 4.57 Å². The Bertz CT molecular complexity index is 1200. The van der Waals surface area contributed by atoms with E-state index < -0.39 is 0 Å². The molecule has 5 rings (SSSR count). The van der Waals surface area contributed by atoms with Gasteiger partial charge in [0.05, 0.1) is 21.9 Å². The fourth-order valence-electron chi connectivity index (χ4n) is 4.26. The number of rotatable bonds is 1. The zero-order chi connectivity index (χ0) is 17.1. The molecule has 1 fully saturated rings. The van der Waals surface area contributed by atoms with Crippen LogP contribution in [0.25, 0.3) is 27.7 Å². The molecule has 2 aromatic heterocycles. The van der Waals surface area contributed by atoms with E-state index in [0.717, 1.165) is 34.1 Å². The van der Waals surface area contributed by atoms with E-state index in [1.54, 1.807) is 0 Å². The van der Waals surface area contributed by atoms with E-state index >= 15 is 0 Å². The monoisotopic (exact) mass is 395 g/mol. The fourth-order valence-corrected chi connectivity index (χ4v) is 4.79. The minimum atomic E-state index is -0.166. The molecule has 0 atom stereocenters. The van der Waals surface area contributed by atoms with Crippen LogP contribution < -0.4 is 5.56 Å². The summed E-state index contributed by atoms with van der Waals surface area (Å²) in [5, 5.41) is 0.644. The topological polar surface area (TPSA) is 39.3 Å². The maximum atomic E-state index is 12.8. The summed E-state index contributed by atoms with van der Waals surface area (Å²) in [5.41, 5.74) is 4.26. The van der Waals surface area contributed by atoms with Crippen LogP contribution in [0.1, 0.15) is 37.3 Å². The summed E-state index contributed by atoms with van der Waals surface area (Å²) < 4.78 is 5.25. The van der Waals surface area contributed by atoms with Crippen LogP contribution in [0.2, 0.25) is 0 Å². The van der Waals surface area contributed by atoms with E-state index in [1.165, 1.54) is 23.9 Å². The lowest BCUT2D eigenvalue weighted by molar-refractivity contribution is 0.543. The third-order valence-electron chi connectivity index (χ3n) is 5.38. The van der Waals surface area contributed by atoms with Crippen molar-refractivity contribution in [3.63, 3.8) is 0 Å². The number of aryl methyl sites for hydroxylation is 1. The molecule has 0 spiro atoms. The molecule has 2 aromatic carbocycles. The molecular weight excluding hydrogens is 378 g/mol. The van der Waals surface area contributed by atoms with Gasteiger partial charge in [0.15, 0.2) is 0 Å². The molecule has 0 saturated heterocycles. The summed E-state index contributed by atoms with van der Waals surface area (Å²) in [7, 11) is 0. The van der Waals surface area contributed by atoms with Crippen LogP contribution in [-0.4, -0.2) is 14.0 Å². The summed E-state index contributed by atoms with van der Waals surface area (Å²) in [6.45, 7) is 2.11. The number of nitrogens with zero attached hydrogens (tertiary/aromatic N) is 3. The van der Waals surface area contributed by atoms with Gasteiger partial charge >= 0.3 is 0 Å². The van der Waals surface area contributed by atoms with Gasteiger partial charge in [0.2, 0.25) is 5.78 Å². The Morgan fingerprint density at radius 3 is 2.68 bits per heavy atom. The van der Waals surface area contributed by atoms with Gasteiger partial charge in [-0.15, -0.1) is 0 Å². The van der Waals surface area contributed by atoms with Crippen molar-refractivity contribution in [3.05, 3.63) is 56.8 Å². The molecule has 5 heteroatoms. The quantitative estimate of drug-likeness (QED) is 0.455. The SMILES string of the molecule is Cc1ccc2c(c1)n(C1CCCC1)c1nc(=O)c3c(Br)cccc3n21. The Labute approximate surface area is 153 Å². The lowest BCUT2D eigenvalue weighted by Gasteiger charge is -2.14. The predicted molar refractivity (Wildman–Crippen MR) is 104 cm³/mol. The highest BCUT2D eigenvalue weighted by atomic mass is 79.9. The highest BCUT2D eigenvalue weighted by Gasteiger charge is 2.24. The van der Waals surface area contributed by atoms with E-state index in [1.807, 2.05) is 18.2 Å². The van der Waals surface area contributed by atoms with Crippen molar-refractivity contribution in [2.24, 2.45) is 0 Å². The molecule has 126 valence electrons. The van der Waals surface area contributed by atoms with E-state index in [2.05, 4.69) is 55.0 Å². The molecule has 25 heavy (non-hydrogen) atoms. The molecule has 0 amide bonds. The van der Waals surface area contributed by atoms with Gasteiger partial charge in [-0.25, -0.2) is 0 Å². The van der Waals surface area contributed by atoms with E-state index in [4.69, 9.17) is 0 Å². The van der Waals surface area contributed by atoms with Gasteiger partial charge in [0.25, 0.3) is 5.56 Å². The maximum Gasteiger partial charge on any atom is 0.283 e. The number of imidazole rings is 1. The number of aromatic nitrogens is 3. The molecule has 0 aliphatic heterocycles. The first-order chi connectivity index (χ1) is 12.1. The molecule has 1 aliphatic rings. The summed E-state index contributed by atoms with van der Waals surface area (Å²) >= 11 is 3.52. The van der Waals surface area contributed by atoms with Crippen LogP contribution in [0.3, 0.4) is 0 Å². The lowest BCUT2D eigenvalue weighted by atomic mass is 10.2. The van der Waals surface area contributed by atoms with Crippen molar-refractivity contribution in [2.75, 3.05) is 0 Å². The minimum absolute atomic E-state index is 0.166. The van der Waals surface area contributed by atoms with Gasteiger partial charge in [-0.05, 0) is 65.5 Å². The zero-order valence-corrected chi connectivity index (χ0v) is 15.6. The normalized spacial score (nSPS) is 15.8. The van der Waals surface area contributed by atoms with Crippen molar-refractivity contribution in [3.8, 4) is 0 Å². The molecule has 4 nitrogen and oxygen atoms in total. The lowest BCUT2D eigenvalue weighted by Crippen LogP contribution is -2.14. The zero-order valence-electron chi connectivity index (χ0n) is 14.0. The Morgan fingerprint density at radius 1 is 1.08 bits per heavy atom. The van der Waals surface area contributed by atoms with Crippen LogP contribution in [0.4, 0.5) is 0 Å². The van der Waals surface area contributed by atoms with Gasteiger partial charge in [-0.2, -0.15) is 4.98 Å². The van der Waals surface area contributed by atoms with Gasteiger partial charge in [0.1, 0.15) is 0 Å². The number of fused-ring (bicyclic) bond motifs is 5. The highest BCUT2D eigenvalue weighted by Crippen LogP contribution is 2.36. The molecular formula is C20H18BrN3O. The van der Waals surface area contributed by atoms with Crippen molar-refractivity contribution in [1.82, 2.24) is 14.0 Å². The van der Waals surface area contributed by atoms with Gasteiger partial charge in [0, 0.05) is 10.5 Å². The van der Waals surface area contributed by atoms with Crippen molar-refractivity contribution in [1.29, 1.82) is 0 Å². The third-order valence-corrected chi connectivity index (χ3v) is 6.05. The molecule has 0 bridgehead atoms. The summed E-state index contributed by atoms with van der Waals surface area (Å²) in [4.78, 5) is 17.3. The van der Waals surface area contributed by atoms with Crippen LogP contribution in [-0.2, 0) is 0 Å². The van der Waals surface area contributed by atoms with Crippen molar-refractivity contribution < 1.29 is 0 Å². The Kier molecular flexibility index (Phi) is 3.29. The highest BCUT2D eigenvalue weighted by molar-refractivity contribution is 9.10. The van der Waals surface area contributed by atoms with E-state index in [9.17, 15) is 4.79 Å². The van der Waals surface area contributed by atoms with E-state index in [0.29, 0.717) is 11.4 Å². The molecule has 1 saturated carbocycles. The second-order valence-corrected chi connectivity index (χ2v) is 7.84. The smallest absolute Gasteiger partial charge is 0.283 e. The van der Waals surface area contributed by atoms with Gasteiger partial charge in [-0.1, -0.05) is 25.0 Å². The maximum absolute atomic E-state index is 12.8. The average molecular weight is 396 g/mol. The second kappa shape index (κ2) is 5.43. The number of halogens is 1. The number of hydrogen-bond acceptors (Lipinski definition) is 2. The molecule has 0 radical (unpaired) electrons. The standard InChI is InChI=1S/C20H18BrN3O/c1-12-9-10-15-17(11-12)23(13-5-2-3-6-13)20-22-19(25)18-14(21)7-4-8-16(18)24(15)20/h4,7-11,13H,2-3,5-6H2,1H3. The van der Waals surface area contributed by atoms with Crippen LogP contribution in [0.5, 0.6) is 0 Å². The van der Waals surface area contributed by atoms with Crippen LogP contribution >= 0.6 is 15.9 Å². The summed E-state index contributed by atoms with van der Waals surface area (Å²) in [6, 6.07) is 12.8. The number of benzene rings is 2. The largest absolute Gasteiger partial charge is 0.306 e. The van der Waals surface area contributed by atoms with Crippen LogP contribution in [0, 0.1) is 6.92 Å². The van der Waals surface area contributed by atoms with Gasteiger partial charge in [-0.3, -0.25) is 9.20 Å². The van der Waals surface area contributed by atoms with Crippen molar-refractivity contribution in [2.45, 2.75) is 38.6 Å². The number of hydrogen-bond donors (Lipinski definition) is 0. The third kappa shape index (κ3) is 2.11. The Morgan fingerprint density at radius 2 is 1.88 bits per heavy atom. The van der Waals surface area contributed by atoms with Crippen molar-refractivity contribution >= 4 is 43.6 Å². The first kappa shape index (κ1) is 15.1. The molecule has 0 unspecified atom stereocenters. The first-order valence-electron chi connectivity index (χ1n) is 8.77. The Hall–Kier alpha value is -2.14. The first-order valence-corrected chi connectivity index (χ1v) is 9.56. The minimum Gasteiger partial charge on any atom is -0.306 e.